The number of carbonyl (C=O) groups excluding carboxylic acids is 1. The van der Waals surface area contributed by atoms with Gasteiger partial charge in [0.25, 0.3) is 0 Å². The van der Waals surface area contributed by atoms with Crippen molar-refractivity contribution in [2.45, 2.75) is 31.8 Å². The summed E-state index contributed by atoms with van der Waals surface area (Å²) in [6.45, 7) is 2.58. The van der Waals surface area contributed by atoms with Gasteiger partial charge in [-0.05, 0) is 37.6 Å². The first kappa shape index (κ1) is 15.8. The van der Waals surface area contributed by atoms with E-state index >= 15 is 0 Å². The molecule has 130 valence electrons. The van der Waals surface area contributed by atoms with E-state index in [4.69, 9.17) is 0 Å². The van der Waals surface area contributed by atoms with Gasteiger partial charge in [-0.3, -0.25) is 13.9 Å². The first-order valence-corrected chi connectivity index (χ1v) is 8.59. The lowest BCUT2D eigenvalue weighted by Gasteiger charge is -2.20. The van der Waals surface area contributed by atoms with Crippen LogP contribution in [0.4, 0.5) is 0 Å². The zero-order chi connectivity index (χ0) is 17.1. The molecule has 1 atom stereocenters. The Morgan fingerprint density at radius 1 is 1.28 bits per heavy atom. The average Bonchev–Trinajstić information content (AvgIpc) is 3.28. The number of nitrogens with one attached hydrogen (secondary N) is 2. The Labute approximate surface area is 145 Å². The molecule has 25 heavy (non-hydrogen) atoms. The van der Waals surface area contributed by atoms with Crippen molar-refractivity contribution < 1.29 is 4.79 Å². The number of hydrogen-bond acceptors (Lipinski definition) is 5. The van der Waals surface area contributed by atoms with Gasteiger partial charge in [0.1, 0.15) is 6.54 Å². The predicted molar refractivity (Wildman–Crippen MR) is 91.9 cm³/mol. The summed E-state index contributed by atoms with van der Waals surface area (Å²) in [7, 11) is 0. The zero-order valence-corrected chi connectivity index (χ0v) is 13.9. The summed E-state index contributed by atoms with van der Waals surface area (Å²) in [4.78, 5) is 12.2. The minimum absolute atomic E-state index is 0.0934. The molecule has 3 aromatic heterocycles. The Hall–Kier alpha value is -2.74. The Morgan fingerprint density at radius 3 is 3.12 bits per heavy atom. The molecule has 0 aromatic carbocycles. The van der Waals surface area contributed by atoms with Crippen LogP contribution < -0.4 is 10.6 Å². The second-order valence-electron chi connectivity index (χ2n) is 6.30. The lowest BCUT2D eigenvalue weighted by Crippen LogP contribution is -2.29. The topological polar surface area (TPSA) is 89.1 Å². The maximum atomic E-state index is 12.2. The van der Waals surface area contributed by atoms with Gasteiger partial charge in [0.15, 0.2) is 11.5 Å². The van der Waals surface area contributed by atoms with Crippen LogP contribution in [0.1, 0.15) is 30.3 Å². The highest BCUT2D eigenvalue weighted by Crippen LogP contribution is 2.21. The third-order valence-corrected chi connectivity index (χ3v) is 4.51. The maximum absolute atomic E-state index is 12.2. The van der Waals surface area contributed by atoms with Crippen molar-refractivity contribution >= 4 is 11.6 Å². The number of rotatable bonds is 5. The van der Waals surface area contributed by atoms with Crippen LogP contribution >= 0.6 is 0 Å². The summed E-state index contributed by atoms with van der Waals surface area (Å²) in [5.41, 5.74) is 1.83. The number of hydrogen-bond donors (Lipinski definition) is 2. The molecule has 4 heterocycles. The van der Waals surface area contributed by atoms with Gasteiger partial charge in [0, 0.05) is 24.9 Å². The fraction of sp³-hybridized carbons (Fsp3) is 0.412. The number of nitrogens with zero attached hydrogens (tertiary/aromatic N) is 5. The molecule has 0 radical (unpaired) electrons. The highest BCUT2D eigenvalue weighted by molar-refractivity contribution is 5.75. The molecule has 4 rings (SSSR count). The van der Waals surface area contributed by atoms with E-state index in [1.54, 1.807) is 4.68 Å². The molecule has 0 unspecified atom stereocenters. The molecule has 3 aromatic rings. The van der Waals surface area contributed by atoms with Crippen LogP contribution in [0.15, 0.2) is 36.7 Å². The molecule has 8 nitrogen and oxygen atoms in total. The van der Waals surface area contributed by atoms with E-state index in [9.17, 15) is 4.79 Å². The van der Waals surface area contributed by atoms with Gasteiger partial charge >= 0.3 is 0 Å². The number of fused-ring (bicyclic) bond motifs is 1. The van der Waals surface area contributed by atoms with Crippen LogP contribution in [0.3, 0.4) is 0 Å². The first-order chi connectivity index (χ1) is 12.3. The summed E-state index contributed by atoms with van der Waals surface area (Å²) >= 11 is 0. The third kappa shape index (κ3) is 3.53. The van der Waals surface area contributed by atoms with E-state index in [1.165, 1.54) is 6.42 Å². The third-order valence-electron chi connectivity index (χ3n) is 4.51. The normalized spacial score (nSPS) is 17.7. The number of piperidine rings is 1. The number of carbonyl (C=O) groups is 1. The summed E-state index contributed by atoms with van der Waals surface area (Å²) in [5, 5.41) is 19.0. The zero-order valence-electron chi connectivity index (χ0n) is 13.9. The summed E-state index contributed by atoms with van der Waals surface area (Å²) in [6, 6.07) is 7.71. The molecule has 2 N–H and O–H groups in total. The maximum Gasteiger partial charge on any atom is 0.242 e. The quantitative estimate of drug-likeness (QED) is 0.715. The molecular formula is C17H21N7O. The van der Waals surface area contributed by atoms with Crippen molar-refractivity contribution in [3.63, 3.8) is 0 Å². The van der Waals surface area contributed by atoms with E-state index in [0.29, 0.717) is 18.3 Å². The number of aromatic nitrogens is 5. The summed E-state index contributed by atoms with van der Waals surface area (Å²) in [6.07, 6.45) is 6.07. The van der Waals surface area contributed by atoms with Crippen LogP contribution in [0.5, 0.6) is 0 Å². The minimum Gasteiger partial charge on any atom is -0.347 e. The van der Waals surface area contributed by atoms with Crippen LogP contribution in [0.25, 0.3) is 5.65 Å². The van der Waals surface area contributed by atoms with Crippen molar-refractivity contribution in [1.29, 1.82) is 0 Å². The van der Waals surface area contributed by atoms with Gasteiger partial charge < -0.3 is 10.6 Å². The molecule has 8 heteroatoms. The van der Waals surface area contributed by atoms with Gasteiger partial charge in [-0.2, -0.15) is 5.10 Å². The van der Waals surface area contributed by atoms with Crippen LogP contribution in [0, 0.1) is 0 Å². The fourth-order valence-electron chi connectivity index (χ4n) is 3.18. The molecule has 0 bridgehead atoms. The largest absolute Gasteiger partial charge is 0.347 e. The lowest BCUT2D eigenvalue weighted by atomic mass is 9.97. The molecule has 1 saturated heterocycles. The molecule has 1 aliphatic heterocycles. The van der Waals surface area contributed by atoms with E-state index < -0.39 is 0 Å². The van der Waals surface area contributed by atoms with Crippen molar-refractivity contribution in [2.75, 3.05) is 13.1 Å². The fourth-order valence-corrected chi connectivity index (χ4v) is 3.18. The second-order valence-corrected chi connectivity index (χ2v) is 6.30. The summed E-state index contributed by atoms with van der Waals surface area (Å²) < 4.78 is 3.56. The molecular weight excluding hydrogens is 318 g/mol. The van der Waals surface area contributed by atoms with Crippen molar-refractivity contribution in [1.82, 2.24) is 35.0 Å². The highest BCUT2D eigenvalue weighted by Gasteiger charge is 2.18. The highest BCUT2D eigenvalue weighted by atomic mass is 16.2. The van der Waals surface area contributed by atoms with Crippen LogP contribution in [-0.4, -0.2) is 43.4 Å². The van der Waals surface area contributed by atoms with Crippen molar-refractivity contribution in [2.24, 2.45) is 0 Å². The van der Waals surface area contributed by atoms with E-state index in [-0.39, 0.29) is 12.5 Å². The Morgan fingerprint density at radius 2 is 2.24 bits per heavy atom. The monoisotopic (exact) mass is 339 g/mol. The smallest absolute Gasteiger partial charge is 0.242 e. The number of pyridine rings is 1. The van der Waals surface area contributed by atoms with Gasteiger partial charge in [0.05, 0.1) is 12.2 Å². The molecule has 1 amide bonds. The lowest BCUT2D eigenvalue weighted by molar-refractivity contribution is -0.122. The molecule has 0 saturated carbocycles. The molecule has 1 fully saturated rings. The van der Waals surface area contributed by atoms with Crippen molar-refractivity contribution in [3.05, 3.63) is 48.2 Å². The van der Waals surface area contributed by atoms with Crippen LogP contribution in [-0.2, 0) is 17.9 Å². The molecule has 0 aliphatic carbocycles. The molecule has 1 aliphatic rings. The average molecular weight is 339 g/mol. The van der Waals surface area contributed by atoms with Gasteiger partial charge in [-0.1, -0.05) is 6.07 Å². The standard InChI is InChI=1S/C17H21N7O/c25-17(19-11-16-21-20-15-5-1-2-8-24(15)16)12-23-9-6-14(22-23)13-4-3-7-18-10-13/h1-2,5-6,8-9,13,18H,3-4,7,10-12H2,(H,19,25)/t13-/m0/s1. The van der Waals surface area contributed by atoms with E-state index in [1.807, 2.05) is 41.1 Å². The van der Waals surface area contributed by atoms with Gasteiger partial charge in [-0.25, -0.2) is 0 Å². The summed E-state index contributed by atoms with van der Waals surface area (Å²) in [5.74, 6) is 1.06. The second kappa shape index (κ2) is 7.02. The van der Waals surface area contributed by atoms with Gasteiger partial charge in [-0.15, -0.1) is 10.2 Å². The minimum atomic E-state index is -0.0934. The predicted octanol–water partition coefficient (Wildman–Crippen LogP) is 0.709. The van der Waals surface area contributed by atoms with E-state index in [2.05, 4.69) is 25.9 Å². The van der Waals surface area contributed by atoms with Crippen LogP contribution in [0.2, 0.25) is 0 Å². The number of amides is 1. The first-order valence-electron chi connectivity index (χ1n) is 8.59. The SMILES string of the molecule is O=C(Cn1ccc([C@H]2CCCNC2)n1)NCc1nnc2ccccn12. The Bertz CT molecular complexity index is 863. The van der Waals surface area contributed by atoms with Gasteiger partial charge in [0.2, 0.25) is 5.91 Å². The Kier molecular flexibility index (Phi) is 4.43. The molecule has 0 spiro atoms. The Balaban J connectivity index is 1.34. The van der Waals surface area contributed by atoms with E-state index in [0.717, 1.165) is 30.9 Å². The van der Waals surface area contributed by atoms with Crippen molar-refractivity contribution in [3.8, 4) is 0 Å².